The predicted molar refractivity (Wildman–Crippen MR) is 207 cm³/mol. The summed E-state index contributed by atoms with van der Waals surface area (Å²) < 4.78 is 0. The molecule has 0 unspecified atom stereocenters. The topological polar surface area (TPSA) is 3.24 Å². The molecule has 0 saturated heterocycles. The van der Waals surface area contributed by atoms with Gasteiger partial charge in [0.1, 0.15) is 0 Å². The van der Waals surface area contributed by atoms with Crippen LogP contribution in [-0.2, 0) is 0 Å². The minimum Gasteiger partial charge on any atom is -0.392 e. The van der Waals surface area contributed by atoms with Crippen molar-refractivity contribution in [3.05, 3.63) is 174 Å². The first-order valence-electron chi connectivity index (χ1n) is 17.8. The molecular formula is C45H40BNS. The molecule has 0 amide bonds. The molecular weight excluding hydrogens is 597 g/mol. The van der Waals surface area contributed by atoms with Gasteiger partial charge in [0.05, 0.1) is 4.99 Å². The Hall–Kier alpha value is -4.47. The molecule has 5 aromatic carbocycles. The Labute approximate surface area is 291 Å². The summed E-state index contributed by atoms with van der Waals surface area (Å²) in [6, 6.07) is 55.7. The molecule has 0 spiro atoms. The molecule has 5 aliphatic rings. The molecule has 4 bridgehead atoms. The number of benzene rings is 5. The van der Waals surface area contributed by atoms with Gasteiger partial charge in [-0.15, -0.1) is 0 Å². The summed E-state index contributed by atoms with van der Waals surface area (Å²) in [4.78, 5) is 3.82. The summed E-state index contributed by atoms with van der Waals surface area (Å²) in [6.07, 6.45) is 7.87. The van der Waals surface area contributed by atoms with Gasteiger partial charge in [-0.3, -0.25) is 0 Å². The SMILES string of the molecule is S=C1C(c2ccccc2)=C(c2ccccc2)C(c2ccccc2)=C(c2ccccc2)B(c2ccccc2)N1C12CC3CC(CC(C3)C1)C2. The third-order valence-electron chi connectivity index (χ3n) is 11.6. The molecule has 1 aliphatic heterocycles. The minimum atomic E-state index is -0.0486. The highest BCUT2D eigenvalue weighted by molar-refractivity contribution is 7.81. The Morgan fingerprint density at radius 1 is 0.458 bits per heavy atom. The number of thiocarbonyl (C=S) groups is 1. The summed E-state index contributed by atoms with van der Waals surface area (Å²) in [7, 11) is 0. The summed E-state index contributed by atoms with van der Waals surface area (Å²) in [5.74, 6) is 2.36. The van der Waals surface area contributed by atoms with E-state index in [0.717, 1.165) is 22.7 Å². The van der Waals surface area contributed by atoms with Crippen molar-refractivity contribution in [2.45, 2.75) is 44.1 Å². The van der Waals surface area contributed by atoms with E-state index < -0.39 is 0 Å². The fourth-order valence-corrected chi connectivity index (χ4v) is 10.8. The lowest BCUT2D eigenvalue weighted by Gasteiger charge is -2.62. The molecule has 0 N–H and O–H groups in total. The van der Waals surface area contributed by atoms with E-state index in [-0.39, 0.29) is 12.4 Å². The molecule has 0 aromatic heterocycles. The number of rotatable bonds is 6. The smallest absolute Gasteiger partial charge is 0.325 e. The van der Waals surface area contributed by atoms with Gasteiger partial charge in [0.15, 0.2) is 0 Å². The van der Waals surface area contributed by atoms with Gasteiger partial charge in [-0.1, -0.05) is 169 Å². The van der Waals surface area contributed by atoms with E-state index in [2.05, 4.69) is 156 Å². The quantitative estimate of drug-likeness (QED) is 0.135. The van der Waals surface area contributed by atoms with Crippen molar-refractivity contribution >= 4 is 51.7 Å². The van der Waals surface area contributed by atoms with Crippen LogP contribution in [0.1, 0.15) is 60.8 Å². The summed E-state index contributed by atoms with van der Waals surface area (Å²) >= 11 is 7.05. The van der Waals surface area contributed by atoms with E-state index in [1.165, 1.54) is 88.4 Å². The highest BCUT2D eigenvalue weighted by Gasteiger charge is 2.57. The Kier molecular flexibility index (Phi) is 7.54. The number of hydrogen-bond donors (Lipinski definition) is 0. The standard InChI is InChI=1S/C45H40BNS/c48-44-42(37-20-10-3-11-21-37)40(35-16-6-1-7-17-35)41(36-18-8-2-9-19-36)43(38-22-12-4-13-23-38)46(39-24-14-5-15-25-39)47(44)45-29-32-26-33(30-45)28-34(27-32)31-45/h1-25,32-34H,26-31H2. The average Bonchev–Trinajstić information content (AvgIpc) is 3.25. The zero-order valence-electron chi connectivity index (χ0n) is 27.3. The van der Waals surface area contributed by atoms with Crippen LogP contribution in [0.3, 0.4) is 0 Å². The monoisotopic (exact) mass is 637 g/mol. The highest BCUT2D eigenvalue weighted by atomic mass is 32.1. The average molecular weight is 638 g/mol. The van der Waals surface area contributed by atoms with E-state index in [1.54, 1.807) is 0 Å². The van der Waals surface area contributed by atoms with Crippen LogP contribution in [0, 0.1) is 17.8 Å². The maximum absolute atomic E-state index is 7.05. The molecule has 1 nitrogen and oxygen atoms in total. The van der Waals surface area contributed by atoms with Crippen LogP contribution >= 0.6 is 12.2 Å². The second-order valence-corrected chi connectivity index (χ2v) is 15.0. The zero-order valence-corrected chi connectivity index (χ0v) is 28.2. The summed E-state index contributed by atoms with van der Waals surface area (Å²) in [5, 5.41) is 0. The first-order chi connectivity index (χ1) is 23.7. The summed E-state index contributed by atoms with van der Waals surface area (Å²) in [5.41, 5.74) is 11.2. The van der Waals surface area contributed by atoms with Crippen molar-refractivity contribution in [2.24, 2.45) is 17.8 Å². The van der Waals surface area contributed by atoms with Gasteiger partial charge in [-0.2, -0.15) is 0 Å². The van der Waals surface area contributed by atoms with Gasteiger partial charge in [-0.05, 0) is 95.2 Å². The third-order valence-corrected chi connectivity index (χ3v) is 12.0. The molecule has 5 aromatic rings. The first kappa shape index (κ1) is 29.7. The Balaban J connectivity index is 1.46. The lowest BCUT2D eigenvalue weighted by Crippen LogP contribution is -2.67. The van der Waals surface area contributed by atoms with E-state index in [9.17, 15) is 0 Å². The van der Waals surface area contributed by atoms with Crippen molar-refractivity contribution in [3.63, 3.8) is 0 Å². The molecule has 4 saturated carbocycles. The Morgan fingerprint density at radius 3 is 1.29 bits per heavy atom. The van der Waals surface area contributed by atoms with Crippen LogP contribution in [-0.4, -0.2) is 22.2 Å². The van der Waals surface area contributed by atoms with Crippen LogP contribution in [0.15, 0.2) is 152 Å². The fraction of sp³-hybridized carbons (Fsp3) is 0.222. The molecule has 48 heavy (non-hydrogen) atoms. The minimum absolute atomic E-state index is 0.0142. The van der Waals surface area contributed by atoms with Gasteiger partial charge in [0.2, 0.25) is 0 Å². The Bertz CT molecular complexity index is 1970. The molecule has 0 radical (unpaired) electrons. The third kappa shape index (κ3) is 5.03. The van der Waals surface area contributed by atoms with Crippen LogP contribution in [0.5, 0.6) is 0 Å². The van der Waals surface area contributed by atoms with Crippen LogP contribution < -0.4 is 5.46 Å². The van der Waals surface area contributed by atoms with E-state index in [0.29, 0.717) is 0 Å². The highest BCUT2D eigenvalue weighted by Crippen LogP contribution is 2.60. The molecule has 0 atom stereocenters. The van der Waals surface area contributed by atoms with Crippen LogP contribution in [0.25, 0.3) is 22.2 Å². The first-order valence-corrected chi connectivity index (χ1v) is 18.2. The van der Waals surface area contributed by atoms with Crippen molar-refractivity contribution in [3.8, 4) is 0 Å². The number of hydrogen-bond acceptors (Lipinski definition) is 1. The second kappa shape index (κ2) is 12.2. The lowest BCUT2D eigenvalue weighted by atomic mass is 9.41. The predicted octanol–water partition coefficient (Wildman–Crippen LogP) is 10.3. The van der Waals surface area contributed by atoms with Gasteiger partial charge < -0.3 is 4.81 Å². The van der Waals surface area contributed by atoms with Crippen molar-refractivity contribution in [1.29, 1.82) is 0 Å². The van der Waals surface area contributed by atoms with Crippen LogP contribution in [0.2, 0.25) is 0 Å². The lowest BCUT2D eigenvalue weighted by molar-refractivity contribution is -0.0384. The van der Waals surface area contributed by atoms with Gasteiger partial charge in [0.25, 0.3) is 0 Å². The largest absolute Gasteiger partial charge is 0.392 e. The van der Waals surface area contributed by atoms with Gasteiger partial charge in [-0.25, -0.2) is 0 Å². The fourth-order valence-electron chi connectivity index (χ4n) is 10.3. The Morgan fingerprint density at radius 2 is 0.833 bits per heavy atom. The normalized spacial score (nSPS) is 25.1. The molecule has 3 heteroatoms. The molecule has 10 rings (SSSR count). The van der Waals surface area contributed by atoms with E-state index in [4.69, 9.17) is 12.2 Å². The maximum Gasteiger partial charge on any atom is 0.325 e. The van der Waals surface area contributed by atoms with Crippen LogP contribution in [0.4, 0.5) is 0 Å². The second-order valence-electron chi connectivity index (χ2n) is 14.6. The van der Waals surface area contributed by atoms with Gasteiger partial charge in [0, 0.05) is 11.1 Å². The van der Waals surface area contributed by atoms with Crippen molar-refractivity contribution in [1.82, 2.24) is 4.81 Å². The zero-order chi connectivity index (χ0) is 32.1. The molecule has 4 fully saturated rings. The number of allylic oxidation sites excluding steroid dienone is 2. The van der Waals surface area contributed by atoms with E-state index >= 15 is 0 Å². The maximum atomic E-state index is 7.05. The van der Waals surface area contributed by atoms with Gasteiger partial charge >= 0.3 is 6.85 Å². The molecule has 4 aliphatic carbocycles. The van der Waals surface area contributed by atoms with Crippen molar-refractivity contribution < 1.29 is 0 Å². The molecule has 234 valence electrons. The number of nitrogens with zero attached hydrogens (tertiary/aromatic N) is 1. The summed E-state index contributed by atoms with van der Waals surface area (Å²) in [6.45, 7) is -0.0486. The van der Waals surface area contributed by atoms with E-state index in [1.807, 2.05) is 0 Å². The van der Waals surface area contributed by atoms with Crippen molar-refractivity contribution in [2.75, 3.05) is 0 Å². The molecule has 1 heterocycles.